The third-order valence-corrected chi connectivity index (χ3v) is 3.91. The van der Waals surface area contributed by atoms with E-state index in [1.165, 1.54) is 3.57 Å². The van der Waals surface area contributed by atoms with Gasteiger partial charge in [-0.15, -0.1) is 0 Å². The van der Waals surface area contributed by atoms with Gasteiger partial charge in [0.25, 0.3) is 0 Å². The Morgan fingerprint density at radius 1 is 1.20 bits per heavy atom. The van der Waals surface area contributed by atoms with Gasteiger partial charge in [-0.05, 0) is 59.0 Å². The van der Waals surface area contributed by atoms with Crippen LogP contribution in [0.3, 0.4) is 0 Å². The van der Waals surface area contributed by atoms with E-state index in [-0.39, 0.29) is 0 Å². The van der Waals surface area contributed by atoms with E-state index in [1.807, 2.05) is 30.3 Å². The summed E-state index contributed by atoms with van der Waals surface area (Å²) in [4.78, 5) is 0. The molecule has 0 aliphatic heterocycles. The lowest BCUT2D eigenvalue weighted by Crippen LogP contribution is -2.22. The van der Waals surface area contributed by atoms with Crippen LogP contribution < -0.4 is 10.1 Å². The monoisotopic (exact) mass is 445 g/mol. The summed E-state index contributed by atoms with van der Waals surface area (Å²) in [7, 11) is 0. The maximum atomic E-state index is 6.01. The molecule has 0 amide bonds. The molecule has 0 aliphatic carbocycles. The summed E-state index contributed by atoms with van der Waals surface area (Å²) in [5, 5.41) is 3.42. The Bertz CT molecular complexity index is 586. The average Bonchev–Trinajstić information content (AvgIpc) is 2.39. The van der Waals surface area contributed by atoms with E-state index in [4.69, 9.17) is 4.74 Å². The minimum atomic E-state index is 0.444. The molecule has 2 aromatic rings. The van der Waals surface area contributed by atoms with Crippen LogP contribution in [0.5, 0.6) is 11.5 Å². The Labute approximate surface area is 142 Å². The molecule has 20 heavy (non-hydrogen) atoms. The number of halogens is 2. The van der Waals surface area contributed by atoms with E-state index in [0.29, 0.717) is 6.04 Å². The van der Waals surface area contributed by atoms with Crippen molar-refractivity contribution in [2.75, 3.05) is 0 Å². The standard InChI is InChI=1S/C16H17BrINO/c1-11(2)19-10-12-8-13(17)6-7-16(12)20-15-5-3-4-14(18)9-15/h3-9,11,19H,10H2,1-2H3. The fourth-order valence-corrected chi connectivity index (χ4v) is 2.68. The summed E-state index contributed by atoms with van der Waals surface area (Å²) in [6.07, 6.45) is 0. The lowest BCUT2D eigenvalue weighted by atomic mass is 10.2. The molecule has 0 heterocycles. The van der Waals surface area contributed by atoms with Crippen molar-refractivity contribution in [2.24, 2.45) is 0 Å². The van der Waals surface area contributed by atoms with Crippen molar-refractivity contribution in [1.29, 1.82) is 0 Å². The van der Waals surface area contributed by atoms with Crippen molar-refractivity contribution >= 4 is 38.5 Å². The van der Waals surface area contributed by atoms with Crippen molar-refractivity contribution < 1.29 is 4.74 Å². The quantitative estimate of drug-likeness (QED) is 0.627. The van der Waals surface area contributed by atoms with Crippen LogP contribution in [0.1, 0.15) is 19.4 Å². The van der Waals surface area contributed by atoms with Crippen LogP contribution >= 0.6 is 38.5 Å². The zero-order valence-corrected chi connectivity index (χ0v) is 15.2. The summed E-state index contributed by atoms with van der Waals surface area (Å²) < 4.78 is 8.24. The molecule has 2 rings (SSSR count). The highest BCUT2D eigenvalue weighted by atomic mass is 127. The normalized spacial score (nSPS) is 10.8. The van der Waals surface area contributed by atoms with Crippen LogP contribution in [0.2, 0.25) is 0 Å². The molecule has 1 N–H and O–H groups in total. The highest BCUT2D eigenvalue weighted by molar-refractivity contribution is 14.1. The fourth-order valence-electron chi connectivity index (χ4n) is 1.76. The van der Waals surface area contributed by atoms with Crippen LogP contribution in [-0.4, -0.2) is 6.04 Å². The van der Waals surface area contributed by atoms with E-state index in [0.717, 1.165) is 28.1 Å². The molecule has 0 saturated carbocycles. The van der Waals surface area contributed by atoms with E-state index < -0.39 is 0 Å². The minimum Gasteiger partial charge on any atom is -0.457 e. The molecule has 0 aliphatic rings. The van der Waals surface area contributed by atoms with Crippen LogP contribution in [0.25, 0.3) is 0 Å². The van der Waals surface area contributed by atoms with Gasteiger partial charge < -0.3 is 10.1 Å². The van der Waals surface area contributed by atoms with Crippen LogP contribution in [-0.2, 0) is 6.54 Å². The highest BCUT2D eigenvalue weighted by Gasteiger charge is 2.07. The number of nitrogens with one attached hydrogen (secondary N) is 1. The van der Waals surface area contributed by atoms with Gasteiger partial charge in [-0.3, -0.25) is 0 Å². The second kappa shape index (κ2) is 7.43. The largest absolute Gasteiger partial charge is 0.457 e. The van der Waals surface area contributed by atoms with Crippen molar-refractivity contribution in [2.45, 2.75) is 26.4 Å². The smallest absolute Gasteiger partial charge is 0.131 e. The Morgan fingerprint density at radius 3 is 2.70 bits per heavy atom. The molecule has 0 aromatic heterocycles. The Morgan fingerprint density at radius 2 is 2.00 bits per heavy atom. The van der Waals surface area contributed by atoms with E-state index >= 15 is 0 Å². The molecule has 0 fully saturated rings. The van der Waals surface area contributed by atoms with Gasteiger partial charge in [-0.25, -0.2) is 0 Å². The van der Waals surface area contributed by atoms with E-state index in [1.54, 1.807) is 0 Å². The molecule has 0 bridgehead atoms. The van der Waals surface area contributed by atoms with Crippen molar-refractivity contribution in [3.8, 4) is 11.5 Å². The van der Waals surface area contributed by atoms with E-state index in [9.17, 15) is 0 Å². The van der Waals surface area contributed by atoms with Gasteiger partial charge in [0.2, 0.25) is 0 Å². The predicted octanol–water partition coefficient (Wildman–Crippen LogP) is 5.34. The first kappa shape index (κ1) is 15.8. The topological polar surface area (TPSA) is 21.3 Å². The van der Waals surface area contributed by atoms with Crippen LogP contribution in [0.4, 0.5) is 0 Å². The molecule has 0 radical (unpaired) electrons. The molecule has 2 aromatic carbocycles. The zero-order valence-electron chi connectivity index (χ0n) is 11.5. The first-order chi connectivity index (χ1) is 9.54. The SMILES string of the molecule is CC(C)NCc1cc(Br)ccc1Oc1cccc(I)c1. The van der Waals surface area contributed by atoms with Crippen LogP contribution in [0.15, 0.2) is 46.9 Å². The van der Waals surface area contributed by atoms with Gasteiger partial charge in [-0.1, -0.05) is 35.8 Å². The van der Waals surface area contributed by atoms with Gasteiger partial charge in [0.15, 0.2) is 0 Å². The molecule has 2 nitrogen and oxygen atoms in total. The summed E-state index contributed by atoms with van der Waals surface area (Å²) in [6.45, 7) is 5.06. The third kappa shape index (κ3) is 4.75. The number of benzene rings is 2. The first-order valence-electron chi connectivity index (χ1n) is 6.50. The maximum Gasteiger partial charge on any atom is 0.131 e. The van der Waals surface area contributed by atoms with Crippen molar-refractivity contribution in [1.82, 2.24) is 5.32 Å². The molecule has 0 saturated heterocycles. The zero-order chi connectivity index (χ0) is 14.5. The molecule has 4 heteroatoms. The van der Waals surface area contributed by atoms with E-state index in [2.05, 4.69) is 69.8 Å². The predicted molar refractivity (Wildman–Crippen MR) is 95.4 cm³/mol. The summed E-state index contributed by atoms with van der Waals surface area (Å²) in [5.74, 6) is 1.76. The second-order valence-electron chi connectivity index (χ2n) is 4.85. The average molecular weight is 446 g/mol. The molecule has 106 valence electrons. The summed E-state index contributed by atoms with van der Waals surface area (Å²) in [6, 6.07) is 14.6. The van der Waals surface area contributed by atoms with Gasteiger partial charge in [0, 0.05) is 26.2 Å². The highest BCUT2D eigenvalue weighted by Crippen LogP contribution is 2.28. The number of hydrogen-bond donors (Lipinski definition) is 1. The fraction of sp³-hybridized carbons (Fsp3) is 0.250. The molecule has 0 spiro atoms. The Kier molecular flexibility index (Phi) is 5.86. The second-order valence-corrected chi connectivity index (χ2v) is 7.01. The Balaban J connectivity index is 2.21. The number of rotatable bonds is 5. The number of ether oxygens (including phenoxy) is 1. The summed E-state index contributed by atoms with van der Waals surface area (Å²) in [5.41, 5.74) is 1.15. The van der Waals surface area contributed by atoms with Gasteiger partial charge >= 0.3 is 0 Å². The van der Waals surface area contributed by atoms with Crippen LogP contribution in [0, 0.1) is 3.57 Å². The van der Waals surface area contributed by atoms with Crippen molar-refractivity contribution in [3.05, 3.63) is 56.1 Å². The molecule has 0 unspecified atom stereocenters. The van der Waals surface area contributed by atoms with Gasteiger partial charge in [0.1, 0.15) is 11.5 Å². The van der Waals surface area contributed by atoms with Gasteiger partial charge in [-0.2, -0.15) is 0 Å². The number of hydrogen-bond acceptors (Lipinski definition) is 2. The molecular formula is C16H17BrINO. The third-order valence-electron chi connectivity index (χ3n) is 2.75. The molecular weight excluding hydrogens is 429 g/mol. The summed E-state index contributed by atoms with van der Waals surface area (Å²) >= 11 is 5.80. The minimum absolute atomic E-state index is 0.444. The maximum absolute atomic E-state index is 6.01. The first-order valence-corrected chi connectivity index (χ1v) is 8.37. The lowest BCUT2D eigenvalue weighted by Gasteiger charge is -2.14. The Hall–Kier alpha value is -0.590. The van der Waals surface area contributed by atoms with Crippen molar-refractivity contribution in [3.63, 3.8) is 0 Å². The lowest BCUT2D eigenvalue weighted by molar-refractivity contribution is 0.469. The van der Waals surface area contributed by atoms with Gasteiger partial charge in [0.05, 0.1) is 0 Å². The molecule has 0 atom stereocenters.